The lowest BCUT2D eigenvalue weighted by Gasteiger charge is -2.29. The Balaban J connectivity index is 2.26. The van der Waals surface area contributed by atoms with E-state index in [0.29, 0.717) is 5.56 Å². The Kier molecular flexibility index (Phi) is 7.54. The molecule has 0 aliphatic heterocycles. The summed E-state index contributed by atoms with van der Waals surface area (Å²) in [6.07, 6.45) is -0.0972. The van der Waals surface area contributed by atoms with Gasteiger partial charge in [0.2, 0.25) is 11.8 Å². The van der Waals surface area contributed by atoms with Gasteiger partial charge in [0.1, 0.15) is 11.9 Å². The van der Waals surface area contributed by atoms with E-state index in [1.165, 1.54) is 11.0 Å². The molecule has 27 heavy (non-hydrogen) atoms. The third kappa shape index (κ3) is 6.17. The van der Waals surface area contributed by atoms with Crippen molar-refractivity contribution in [3.8, 4) is 0 Å². The van der Waals surface area contributed by atoms with Crippen molar-refractivity contribution in [1.29, 1.82) is 0 Å². The number of hydrogen-bond acceptors (Lipinski definition) is 2. The number of benzene rings is 2. The smallest absolute Gasteiger partial charge is 0.242 e. The quantitative estimate of drug-likeness (QED) is 0.713. The summed E-state index contributed by atoms with van der Waals surface area (Å²) in [5.74, 6) is -0.957. The molecule has 0 saturated heterocycles. The van der Waals surface area contributed by atoms with Crippen molar-refractivity contribution in [2.24, 2.45) is 0 Å². The molecule has 0 aromatic heterocycles. The van der Waals surface area contributed by atoms with Gasteiger partial charge in [-0.3, -0.25) is 9.59 Å². The van der Waals surface area contributed by atoms with Crippen LogP contribution in [0.25, 0.3) is 0 Å². The average Bonchev–Trinajstić information content (AvgIpc) is 2.60. The Hall–Kier alpha value is -2.21. The van der Waals surface area contributed by atoms with Gasteiger partial charge in [0, 0.05) is 17.1 Å². The molecule has 0 aliphatic rings. The Labute approximate surface area is 167 Å². The Morgan fingerprint density at radius 3 is 2.44 bits per heavy atom. The molecule has 0 radical (unpaired) electrons. The van der Waals surface area contributed by atoms with Gasteiger partial charge in [-0.1, -0.05) is 46.3 Å². The monoisotopic (exact) mass is 434 g/mol. The first kappa shape index (κ1) is 21.1. The van der Waals surface area contributed by atoms with Gasteiger partial charge >= 0.3 is 0 Å². The first-order valence-electron chi connectivity index (χ1n) is 8.85. The maximum absolute atomic E-state index is 14.0. The SMILES string of the molecule is CC(C)NC(=O)[C@H](C)N(Cc1cccc(Br)c1)C(=O)Cc1ccccc1F. The lowest BCUT2D eigenvalue weighted by atomic mass is 10.1. The second kappa shape index (κ2) is 9.65. The molecule has 0 saturated carbocycles. The van der Waals surface area contributed by atoms with Crippen LogP contribution in [0.1, 0.15) is 31.9 Å². The van der Waals surface area contributed by atoms with E-state index in [1.807, 2.05) is 38.1 Å². The molecule has 6 heteroatoms. The van der Waals surface area contributed by atoms with Gasteiger partial charge in [0.05, 0.1) is 6.42 Å². The van der Waals surface area contributed by atoms with Crippen molar-refractivity contribution in [3.05, 3.63) is 69.9 Å². The van der Waals surface area contributed by atoms with Crippen LogP contribution in [0.3, 0.4) is 0 Å². The van der Waals surface area contributed by atoms with Crippen LogP contribution in [-0.4, -0.2) is 28.8 Å². The molecule has 0 unspecified atom stereocenters. The second-order valence-electron chi connectivity index (χ2n) is 6.76. The molecular weight excluding hydrogens is 411 g/mol. The third-order valence-corrected chi connectivity index (χ3v) is 4.63. The molecule has 0 fully saturated rings. The summed E-state index contributed by atoms with van der Waals surface area (Å²) in [4.78, 5) is 26.9. The zero-order valence-electron chi connectivity index (χ0n) is 15.7. The molecule has 2 aromatic carbocycles. The van der Waals surface area contributed by atoms with E-state index >= 15 is 0 Å². The van der Waals surface area contributed by atoms with Crippen LogP contribution >= 0.6 is 15.9 Å². The molecule has 2 aromatic rings. The van der Waals surface area contributed by atoms with Gasteiger partial charge in [0.25, 0.3) is 0 Å². The summed E-state index contributed by atoms with van der Waals surface area (Å²) in [5, 5.41) is 2.83. The fraction of sp³-hybridized carbons (Fsp3) is 0.333. The first-order valence-corrected chi connectivity index (χ1v) is 9.65. The summed E-state index contributed by atoms with van der Waals surface area (Å²) in [5.41, 5.74) is 1.20. The normalized spacial score (nSPS) is 11.9. The van der Waals surface area contributed by atoms with Crippen LogP contribution in [0.5, 0.6) is 0 Å². The minimum Gasteiger partial charge on any atom is -0.352 e. The fourth-order valence-corrected chi connectivity index (χ4v) is 3.17. The van der Waals surface area contributed by atoms with Crippen LogP contribution in [0.4, 0.5) is 4.39 Å². The highest BCUT2D eigenvalue weighted by Crippen LogP contribution is 2.17. The summed E-state index contributed by atoms with van der Waals surface area (Å²) in [7, 11) is 0. The number of halogens is 2. The molecule has 1 N–H and O–H groups in total. The van der Waals surface area contributed by atoms with Crippen LogP contribution in [-0.2, 0) is 22.6 Å². The molecule has 144 valence electrons. The third-order valence-electron chi connectivity index (χ3n) is 4.14. The van der Waals surface area contributed by atoms with Crippen LogP contribution in [0.15, 0.2) is 53.0 Å². The van der Waals surface area contributed by atoms with Crippen molar-refractivity contribution in [2.75, 3.05) is 0 Å². The summed E-state index contributed by atoms with van der Waals surface area (Å²) < 4.78 is 14.9. The van der Waals surface area contributed by atoms with E-state index in [0.717, 1.165) is 10.0 Å². The summed E-state index contributed by atoms with van der Waals surface area (Å²) in [6.45, 7) is 5.68. The van der Waals surface area contributed by atoms with Gasteiger partial charge in [0.15, 0.2) is 0 Å². The number of nitrogens with one attached hydrogen (secondary N) is 1. The van der Waals surface area contributed by atoms with Crippen molar-refractivity contribution in [1.82, 2.24) is 10.2 Å². The predicted octanol–water partition coefficient (Wildman–Crippen LogP) is 4.07. The fourth-order valence-electron chi connectivity index (χ4n) is 2.73. The molecule has 2 rings (SSSR count). The van der Waals surface area contributed by atoms with Crippen LogP contribution in [0.2, 0.25) is 0 Å². The van der Waals surface area contributed by atoms with Crippen molar-refractivity contribution < 1.29 is 14.0 Å². The minimum absolute atomic E-state index is 0.0330. The topological polar surface area (TPSA) is 49.4 Å². The number of carbonyl (C=O) groups excluding carboxylic acids is 2. The number of carbonyl (C=O) groups is 2. The standard InChI is InChI=1S/C21H24BrFN2O2/c1-14(2)24-21(27)15(3)25(13-16-7-6-9-18(22)11-16)20(26)12-17-8-4-5-10-19(17)23/h4-11,14-15H,12-13H2,1-3H3,(H,24,27)/t15-/m0/s1. The Morgan fingerprint density at radius 2 is 1.81 bits per heavy atom. The van der Waals surface area contributed by atoms with Gasteiger partial charge in [-0.25, -0.2) is 4.39 Å². The van der Waals surface area contributed by atoms with Crippen LogP contribution in [0, 0.1) is 5.82 Å². The second-order valence-corrected chi connectivity index (χ2v) is 7.67. The molecule has 1 atom stereocenters. The number of nitrogens with zero attached hydrogens (tertiary/aromatic N) is 1. The highest BCUT2D eigenvalue weighted by Gasteiger charge is 2.27. The van der Waals surface area contributed by atoms with Crippen LogP contribution < -0.4 is 5.32 Å². The molecule has 0 bridgehead atoms. The molecule has 0 spiro atoms. The maximum Gasteiger partial charge on any atom is 0.242 e. The molecular formula is C21H24BrFN2O2. The lowest BCUT2D eigenvalue weighted by molar-refractivity contribution is -0.140. The molecule has 2 amide bonds. The zero-order valence-corrected chi connectivity index (χ0v) is 17.3. The number of rotatable bonds is 7. The van der Waals surface area contributed by atoms with Gasteiger partial charge in [-0.2, -0.15) is 0 Å². The predicted molar refractivity (Wildman–Crippen MR) is 108 cm³/mol. The van der Waals surface area contributed by atoms with E-state index in [2.05, 4.69) is 21.2 Å². The van der Waals surface area contributed by atoms with E-state index in [-0.39, 0.29) is 30.8 Å². The largest absolute Gasteiger partial charge is 0.352 e. The highest BCUT2D eigenvalue weighted by molar-refractivity contribution is 9.10. The maximum atomic E-state index is 14.0. The molecule has 4 nitrogen and oxygen atoms in total. The van der Waals surface area contributed by atoms with Gasteiger partial charge in [-0.05, 0) is 50.1 Å². The minimum atomic E-state index is -0.675. The van der Waals surface area contributed by atoms with E-state index in [1.54, 1.807) is 25.1 Å². The van der Waals surface area contributed by atoms with E-state index in [4.69, 9.17) is 0 Å². The first-order chi connectivity index (χ1) is 12.8. The molecule has 0 aliphatic carbocycles. The Bertz CT molecular complexity index is 810. The Morgan fingerprint density at radius 1 is 1.11 bits per heavy atom. The zero-order chi connectivity index (χ0) is 20.0. The van der Waals surface area contributed by atoms with Crippen molar-refractivity contribution >= 4 is 27.7 Å². The van der Waals surface area contributed by atoms with E-state index < -0.39 is 11.9 Å². The summed E-state index contributed by atoms with van der Waals surface area (Å²) in [6, 6.07) is 13.0. The van der Waals surface area contributed by atoms with Gasteiger partial charge < -0.3 is 10.2 Å². The summed E-state index contributed by atoms with van der Waals surface area (Å²) >= 11 is 3.42. The van der Waals surface area contributed by atoms with Crippen molar-refractivity contribution in [2.45, 2.75) is 45.8 Å². The molecule has 0 heterocycles. The van der Waals surface area contributed by atoms with E-state index in [9.17, 15) is 14.0 Å². The number of hydrogen-bond donors (Lipinski definition) is 1. The van der Waals surface area contributed by atoms with Crippen molar-refractivity contribution in [3.63, 3.8) is 0 Å². The highest BCUT2D eigenvalue weighted by atomic mass is 79.9. The average molecular weight is 435 g/mol. The number of amides is 2. The lowest BCUT2D eigenvalue weighted by Crippen LogP contribution is -2.49. The van der Waals surface area contributed by atoms with Gasteiger partial charge in [-0.15, -0.1) is 0 Å².